The molecule has 1 N–H and O–H groups in total. The maximum absolute atomic E-state index is 12.7. The number of anilines is 1. The Morgan fingerprint density at radius 3 is 2.68 bits per heavy atom. The van der Waals surface area contributed by atoms with Gasteiger partial charge in [-0.2, -0.15) is 14.9 Å². The highest BCUT2D eigenvalue weighted by Crippen LogP contribution is 2.41. The number of aromatic nitrogens is 5. The zero-order valence-electron chi connectivity index (χ0n) is 17.6. The van der Waals surface area contributed by atoms with Crippen LogP contribution in [0.2, 0.25) is 0 Å². The predicted molar refractivity (Wildman–Crippen MR) is 118 cm³/mol. The first-order chi connectivity index (χ1) is 15.0. The van der Waals surface area contributed by atoms with E-state index >= 15 is 0 Å². The molecule has 31 heavy (non-hydrogen) atoms. The summed E-state index contributed by atoms with van der Waals surface area (Å²) in [6.45, 7) is 6.11. The first kappa shape index (κ1) is 19.1. The third kappa shape index (κ3) is 3.38. The molecular weight excluding hydrogens is 388 g/mol. The lowest BCUT2D eigenvalue weighted by atomic mass is 9.83. The largest absolute Gasteiger partial charge is 0.310 e. The van der Waals surface area contributed by atoms with Crippen molar-refractivity contribution in [2.75, 3.05) is 5.32 Å². The summed E-state index contributed by atoms with van der Waals surface area (Å²) < 4.78 is 1.60. The molecule has 0 saturated carbocycles. The van der Waals surface area contributed by atoms with E-state index in [1.807, 2.05) is 37.3 Å². The molecule has 3 heterocycles. The summed E-state index contributed by atoms with van der Waals surface area (Å²) in [4.78, 5) is 17.3. The third-order valence-electron chi connectivity index (χ3n) is 5.72. The lowest BCUT2D eigenvalue weighted by molar-refractivity contribution is -0.116. The van der Waals surface area contributed by atoms with Gasteiger partial charge in [0.2, 0.25) is 5.91 Å². The second-order valence-electron chi connectivity index (χ2n) is 7.93. The normalized spacial score (nSPS) is 15.5. The molecule has 2 aromatic heterocycles. The highest BCUT2D eigenvalue weighted by molar-refractivity contribution is 5.95. The number of nitrogens with zero attached hydrogens (tertiary/aromatic N) is 5. The Hall–Kier alpha value is -3.87. The molecule has 1 aliphatic heterocycles. The monoisotopic (exact) mass is 410 g/mol. The van der Waals surface area contributed by atoms with E-state index < -0.39 is 0 Å². The predicted octanol–water partition coefficient (Wildman–Crippen LogP) is 4.12. The molecule has 4 aromatic rings. The van der Waals surface area contributed by atoms with Crippen LogP contribution in [0.5, 0.6) is 0 Å². The van der Waals surface area contributed by atoms with Gasteiger partial charge in [0.15, 0.2) is 0 Å². The molecule has 154 valence electrons. The van der Waals surface area contributed by atoms with Gasteiger partial charge in [-0.1, -0.05) is 54.1 Å². The molecule has 0 fully saturated rings. The maximum atomic E-state index is 12.7. The van der Waals surface area contributed by atoms with Gasteiger partial charge in [-0.05, 0) is 31.9 Å². The van der Waals surface area contributed by atoms with Gasteiger partial charge in [0.25, 0.3) is 5.95 Å². The van der Waals surface area contributed by atoms with Crippen molar-refractivity contribution in [2.45, 2.75) is 33.1 Å². The smallest absolute Gasteiger partial charge is 0.272 e. The molecule has 0 saturated heterocycles. The minimum absolute atomic E-state index is 0.0493. The Bertz CT molecular complexity index is 1290. The fourth-order valence-corrected chi connectivity index (χ4v) is 4.22. The summed E-state index contributed by atoms with van der Waals surface area (Å²) >= 11 is 0. The number of rotatable bonds is 3. The average molecular weight is 410 g/mol. The topological polar surface area (TPSA) is 85.6 Å². The maximum Gasteiger partial charge on any atom is 0.272 e. The Labute approximate surface area is 180 Å². The Balaban J connectivity index is 1.65. The molecule has 0 aliphatic carbocycles. The summed E-state index contributed by atoms with van der Waals surface area (Å²) in [5.74, 6) is 0.827. The number of carbonyl (C=O) groups excluding carboxylic acids is 1. The number of hydrogen-bond donors (Lipinski definition) is 1. The van der Waals surface area contributed by atoms with Crippen LogP contribution in [0.25, 0.3) is 17.2 Å². The molecule has 2 aromatic carbocycles. The summed E-state index contributed by atoms with van der Waals surface area (Å²) in [5.41, 5.74) is 6.95. The number of aryl methyl sites for hydroxylation is 3. The van der Waals surface area contributed by atoms with Crippen LogP contribution in [0.3, 0.4) is 0 Å². The van der Waals surface area contributed by atoms with E-state index in [-0.39, 0.29) is 11.8 Å². The zero-order chi connectivity index (χ0) is 21.5. The van der Waals surface area contributed by atoms with Crippen LogP contribution in [-0.2, 0) is 4.79 Å². The Morgan fingerprint density at radius 1 is 1.06 bits per heavy atom. The van der Waals surface area contributed by atoms with E-state index in [0.717, 1.165) is 27.9 Å². The fraction of sp³-hybridized carbons (Fsp3) is 0.208. The molecule has 7 nitrogen and oxygen atoms in total. The quantitative estimate of drug-likeness (QED) is 0.549. The minimum Gasteiger partial charge on any atom is -0.310 e. The molecule has 1 amide bonds. The highest BCUT2D eigenvalue weighted by Gasteiger charge is 2.34. The van der Waals surface area contributed by atoms with Crippen LogP contribution < -0.4 is 5.32 Å². The van der Waals surface area contributed by atoms with Gasteiger partial charge in [-0.3, -0.25) is 4.79 Å². The van der Waals surface area contributed by atoms with Gasteiger partial charge in [0.1, 0.15) is 5.82 Å². The van der Waals surface area contributed by atoms with E-state index in [1.165, 1.54) is 5.56 Å². The van der Waals surface area contributed by atoms with Crippen molar-refractivity contribution in [3.63, 3.8) is 0 Å². The fourth-order valence-electron chi connectivity index (χ4n) is 4.22. The van der Waals surface area contributed by atoms with Crippen LogP contribution in [0.1, 0.15) is 40.3 Å². The number of hydrogen-bond acceptors (Lipinski definition) is 5. The molecule has 1 atom stereocenters. The number of amides is 1. The van der Waals surface area contributed by atoms with E-state index in [1.54, 1.807) is 10.9 Å². The summed E-state index contributed by atoms with van der Waals surface area (Å²) in [6, 6.07) is 16.1. The van der Waals surface area contributed by atoms with Crippen molar-refractivity contribution in [3.8, 4) is 17.2 Å². The van der Waals surface area contributed by atoms with Crippen LogP contribution >= 0.6 is 0 Å². The van der Waals surface area contributed by atoms with Crippen molar-refractivity contribution in [1.29, 1.82) is 0 Å². The van der Waals surface area contributed by atoms with Gasteiger partial charge >= 0.3 is 0 Å². The number of benzene rings is 2. The first-order valence-electron chi connectivity index (χ1n) is 10.2. The molecular formula is C24H22N6O. The molecule has 0 bridgehead atoms. The van der Waals surface area contributed by atoms with Crippen LogP contribution in [0.15, 0.2) is 54.7 Å². The summed E-state index contributed by atoms with van der Waals surface area (Å²) in [5, 5.41) is 16.0. The number of nitrogens with one attached hydrogen (secondary N) is 1. The summed E-state index contributed by atoms with van der Waals surface area (Å²) in [7, 11) is 0. The SMILES string of the molecule is Cc1ccc(C)c([C@H]2CC(=O)Nc3c2c(C)nn3-c2nncc(-c3ccccc3)n2)c1. The molecule has 7 heteroatoms. The van der Waals surface area contributed by atoms with Crippen LogP contribution in [0.4, 0.5) is 5.82 Å². The lowest BCUT2D eigenvalue weighted by Crippen LogP contribution is -2.25. The first-order valence-corrected chi connectivity index (χ1v) is 10.2. The second kappa shape index (κ2) is 7.43. The minimum atomic E-state index is -0.0670. The number of fused-ring (bicyclic) bond motifs is 1. The van der Waals surface area contributed by atoms with Crippen molar-refractivity contribution < 1.29 is 4.79 Å². The van der Waals surface area contributed by atoms with E-state index in [2.05, 4.69) is 52.5 Å². The second-order valence-corrected chi connectivity index (χ2v) is 7.93. The van der Waals surface area contributed by atoms with Gasteiger partial charge in [0, 0.05) is 23.5 Å². The van der Waals surface area contributed by atoms with Crippen LogP contribution in [-0.4, -0.2) is 30.9 Å². The third-order valence-corrected chi connectivity index (χ3v) is 5.72. The van der Waals surface area contributed by atoms with E-state index in [9.17, 15) is 4.79 Å². The van der Waals surface area contributed by atoms with Gasteiger partial charge in [-0.25, -0.2) is 4.98 Å². The molecule has 0 unspecified atom stereocenters. The Kier molecular flexibility index (Phi) is 4.58. The van der Waals surface area contributed by atoms with Gasteiger partial charge < -0.3 is 5.32 Å². The van der Waals surface area contributed by atoms with Crippen molar-refractivity contribution >= 4 is 11.7 Å². The summed E-state index contributed by atoms with van der Waals surface area (Å²) in [6.07, 6.45) is 2.01. The molecule has 5 rings (SSSR count). The average Bonchev–Trinajstić information content (AvgIpc) is 3.12. The number of carbonyl (C=O) groups is 1. The highest BCUT2D eigenvalue weighted by atomic mass is 16.1. The molecule has 1 aliphatic rings. The zero-order valence-corrected chi connectivity index (χ0v) is 17.6. The Morgan fingerprint density at radius 2 is 1.87 bits per heavy atom. The van der Waals surface area contributed by atoms with Gasteiger partial charge in [-0.15, -0.1) is 5.10 Å². The van der Waals surface area contributed by atoms with Crippen molar-refractivity contribution in [3.05, 3.63) is 82.7 Å². The molecule has 0 radical (unpaired) electrons. The van der Waals surface area contributed by atoms with E-state index in [0.29, 0.717) is 23.9 Å². The van der Waals surface area contributed by atoms with Gasteiger partial charge in [0.05, 0.1) is 17.6 Å². The molecule has 0 spiro atoms. The standard InChI is InChI=1S/C24H22N6O/c1-14-9-10-15(2)18(11-14)19-12-21(31)27-23-22(19)16(3)29-30(23)24-26-20(13-25-28-24)17-7-5-4-6-8-17/h4-11,13,19H,12H2,1-3H3,(H,27,31)/t19-/m1/s1. The van der Waals surface area contributed by atoms with Crippen molar-refractivity contribution in [1.82, 2.24) is 25.0 Å². The van der Waals surface area contributed by atoms with E-state index in [4.69, 9.17) is 5.10 Å². The van der Waals surface area contributed by atoms with Crippen molar-refractivity contribution in [2.24, 2.45) is 0 Å². The van der Waals surface area contributed by atoms with Crippen LogP contribution in [0, 0.1) is 20.8 Å². The lowest BCUT2D eigenvalue weighted by Gasteiger charge is -2.25.